The molecule has 0 bridgehead atoms. The molecule has 0 amide bonds. The van der Waals surface area contributed by atoms with E-state index in [9.17, 15) is 9.59 Å². The third kappa shape index (κ3) is 7.04. The van der Waals surface area contributed by atoms with Crippen molar-refractivity contribution in [2.24, 2.45) is 0 Å². The van der Waals surface area contributed by atoms with Gasteiger partial charge in [-0.1, -0.05) is 24.3 Å². The number of rotatable bonds is 11. The van der Waals surface area contributed by atoms with E-state index in [1.54, 1.807) is 21.1 Å². The van der Waals surface area contributed by atoms with Gasteiger partial charge in [0.2, 0.25) is 0 Å². The predicted molar refractivity (Wildman–Crippen MR) is 106 cm³/mol. The van der Waals surface area contributed by atoms with Crippen LogP contribution in [0.1, 0.15) is 24.5 Å². The maximum absolute atomic E-state index is 12.3. The molecule has 0 aliphatic heterocycles. The third-order valence-electron chi connectivity index (χ3n) is 4.18. The van der Waals surface area contributed by atoms with Crippen LogP contribution in [0, 0.1) is 0 Å². The summed E-state index contributed by atoms with van der Waals surface area (Å²) in [5, 5.41) is 0. The molecule has 0 aliphatic rings. The third-order valence-corrected chi connectivity index (χ3v) is 4.18. The molecule has 28 heavy (non-hydrogen) atoms. The van der Waals surface area contributed by atoms with Gasteiger partial charge in [-0.2, -0.15) is 0 Å². The van der Waals surface area contributed by atoms with Crippen molar-refractivity contribution in [2.75, 3.05) is 27.4 Å². The van der Waals surface area contributed by atoms with Gasteiger partial charge < -0.3 is 14.2 Å². The standard InChI is InChI=1S/C22H27NO5/c1-4-28-22(25)13-19(24)16-23(14-17-5-9-20(26-2)10-6-17)15-18-7-11-21(27-3)12-8-18/h5-12H,4,13-16H2,1-3H3. The number of benzene rings is 2. The maximum Gasteiger partial charge on any atom is 0.313 e. The second-order valence-corrected chi connectivity index (χ2v) is 6.36. The molecular weight excluding hydrogens is 358 g/mol. The van der Waals surface area contributed by atoms with E-state index in [0.29, 0.717) is 13.1 Å². The molecule has 150 valence electrons. The Morgan fingerprint density at radius 3 is 1.68 bits per heavy atom. The first-order chi connectivity index (χ1) is 13.5. The summed E-state index contributed by atoms with van der Waals surface area (Å²) in [5.41, 5.74) is 2.11. The lowest BCUT2D eigenvalue weighted by Crippen LogP contribution is -2.30. The average molecular weight is 385 g/mol. The van der Waals surface area contributed by atoms with Crippen molar-refractivity contribution in [1.29, 1.82) is 0 Å². The smallest absolute Gasteiger partial charge is 0.313 e. The van der Waals surface area contributed by atoms with Crippen molar-refractivity contribution in [3.63, 3.8) is 0 Å². The Kier molecular flexibility index (Phi) is 8.49. The highest BCUT2D eigenvalue weighted by molar-refractivity contribution is 5.96. The molecule has 0 atom stereocenters. The first kappa shape index (κ1) is 21.4. The zero-order valence-corrected chi connectivity index (χ0v) is 16.6. The Labute approximate surface area is 166 Å². The fraction of sp³-hybridized carbons (Fsp3) is 0.364. The number of ether oxygens (including phenoxy) is 3. The summed E-state index contributed by atoms with van der Waals surface area (Å²) in [6, 6.07) is 15.4. The quantitative estimate of drug-likeness (QED) is 0.437. The zero-order chi connectivity index (χ0) is 20.4. The van der Waals surface area contributed by atoms with Crippen LogP contribution in [0.2, 0.25) is 0 Å². The van der Waals surface area contributed by atoms with Crippen molar-refractivity contribution >= 4 is 11.8 Å². The fourth-order valence-electron chi connectivity index (χ4n) is 2.82. The predicted octanol–water partition coefficient (Wildman–Crippen LogP) is 3.23. The minimum atomic E-state index is -0.485. The molecule has 0 saturated carbocycles. The minimum Gasteiger partial charge on any atom is -0.497 e. The van der Waals surface area contributed by atoms with E-state index in [4.69, 9.17) is 14.2 Å². The van der Waals surface area contributed by atoms with Crippen molar-refractivity contribution in [3.05, 3.63) is 59.7 Å². The number of carbonyl (C=O) groups is 2. The Morgan fingerprint density at radius 2 is 1.29 bits per heavy atom. The van der Waals surface area contributed by atoms with Crippen LogP contribution < -0.4 is 9.47 Å². The number of esters is 1. The van der Waals surface area contributed by atoms with E-state index in [2.05, 4.69) is 0 Å². The molecule has 6 nitrogen and oxygen atoms in total. The normalized spacial score (nSPS) is 10.6. The van der Waals surface area contributed by atoms with Gasteiger partial charge in [0.25, 0.3) is 0 Å². The highest BCUT2D eigenvalue weighted by Crippen LogP contribution is 2.17. The molecule has 6 heteroatoms. The number of methoxy groups -OCH3 is 2. The van der Waals surface area contributed by atoms with Gasteiger partial charge in [-0.05, 0) is 42.3 Å². The molecule has 0 fully saturated rings. The van der Waals surface area contributed by atoms with Gasteiger partial charge in [-0.25, -0.2) is 0 Å². The van der Waals surface area contributed by atoms with Gasteiger partial charge in [-0.3, -0.25) is 14.5 Å². The molecule has 2 aromatic rings. The Bertz CT molecular complexity index is 706. The van der Waals surface area contributed by atoms with Gasteiger partial charge in [0, 0.05) is 13.1 Å². The lowest BCUT2D eigenvalue weighted by Gasteiger charge is -2.22. The fourth-order valence-corrected chi connectivity index (χ4v) is 2.82. The van der Waals surface area contributed by atoms with Crippen LogP contribution in [-0.2, 0) is 27.4 Å². The van der Waals surface area contributed by atoms with Gasteiger partial charge in [0.1, 0.15) is 17.9 Å². The summed E-state index contributed by atoms with van der Waals surface area (Å²) in [5.74, 6) is 0.912. The van der Waals surface area contributed by atoms with Crippen molar-refractivity contribution < 1.29 is 23.8 Å². The topological polar surface area (TPSA) is 65.1 Å². The average Bonchev–Trinajstić information content (AvgIpc) is 2.69. The maximum atomic E-state index is 12.3. The highest BCUT2D eigenvalue weighted by atomic mass is 16.5. The second kappa shape index (κ2) is 11.1. The lowest BCUT2D eigenvalue weighted by atomic mass is 10.1. The number of ketones is 1. The summed E-state index contributed by atoms with van der Waals surface area (Å²) < 4.78 is 15.3. The molecule has 0 unspecified atom stereocenters. The van der Waals surface area contributed by atoms with Crippen LogP contribution in [-0.4, -0.2) is 44.0 Å². The Morgan fingerprint density at radius 1 is 0.821 bits per heavy atom. The molecule has 0 saturated heterocycles. The van der Waals surface area contributed by atoms with Crippen LogP contribution in [0.3, 0.4) is 0 Å². The van der Waals surface area contributed by atoms with Crippen LogP contribution in [0.5, 0.6) is 11.5 Å². The van der Waals surface area contributed by atoms with E-state index >= 15 is 0 Å². The summed E-state index contributed by atoms with van der Waals surface area (Å²) in [6.45, 7) is 3.31. The van der Waals surface area contributed by atoms with E-state index in [1.165, 1.54) is 0 Å². The summed E-state index contributed by atoms with van der Waals surface area (Å²) >= 11 is 0. The summed E-state index contributed by atoms with van der Waals surface area (Å²) in [7, 11) is 3.25. The summed E-state index contributed by atoms with van der Waals surface area (Å²) in [4.78, 5) is 25.9. The van der Waals surface area contributed by atoms with E-state index in [0.717, 1.165) is 22.6 Å². The first-order valence-corrected chi connectivity index (χ1v) is 9.19. The van der Waals surface area contributed by atoms with Crippen LogP contribution in [0.4, 0.5) is 0 Å². The number of carbonyl (C=O) groups excluding carboxylic acids is 2. The van der Waals surface area contributed by atoms with Crippen LogP contribution in [0.15, 0.2) is 48.5 Å². The highest BCUT2D eigenvalue weighted by Gasteiger charge is 2.16. The van der Waals surface area contributed by atoms with E-state index < -0.39 is 5.97 Å². The Balaban J connectivity index is 2.08. The molecule has 0 heterocycles. The SMILES string of the molecule is CCOC(=O)CC(=O)CN(Cc1ccc(OC)cc1)Cc1ccc(OC)cc1. The van der Waals surface area contributed by atoms with Crippen molar-refractivity contribution in [2.45, 2.75) is 26.4 Å². The van der Waals surface area contributed by atoms with Gasteiger partial charge in [-0.15, -0.1) is 0 Å². The van der Waals surface area contributed by atoms with Gasteiger partial charge >= 0.3 is 5.97 Å². The second-order valence-electron chi connectivity index (χ2n) is 6.36. The van der Waals surface area contributed by atoms with Gasteiger partial charge in [0.05, 0.1) is 27.4 Å². The number of hydrogen-bond donors (Lipinski definition) is 0. The molecule has 2 aromatic carbocycles. The number of Topliss-reactive ketones (excluding diaryl/α,β-unsaturated/α-hetero) is 1. The van der Waals surface area contributed by atoms with E-state index in [-0.39, 0.29) is 25.4 Å². The van der Waals surface area contributed by atoms with Crippen molar-refractivity contribution in [1.82, 2.24) is 4.90 Å². The van der Waals surface area contributed by atoms with Crippen LogP contribution >= 0.6 is 0 Å². The Hall–Kier alpha value is -2.86. The largest absolute Gasteiger partial charge is 0.497 e. The molecule has 0 spiro atoms. The van der Waals surface area contributed by atoms with Crippen LogP contribution in [0.25, 0.3) is 0 Å². The molecule has 2 rings (SSSR count). The molecule has 0 aromatic heterocycles. The summed E-state index contributed by atoms with van der Waals surface area (Å²) in [6.07, 6.45) is -0.213. The van der Waals surface area contributed by atoms with Gasteiger partial charge in [0.15, 0.2) is 5.78 Å². The molecule has 0 aliphatic carbocycles. The van der Waals surface area contributed by atoms with Crippen molar-refractivity contribution in [3.8, 4) is 11.5 Å². The lowest BCUT2D eigenvalue weighted by molar-refractivity contribution is -0.145. The number of hydrogen-bond acceptors (Lipinski definition) is 6. The first-order valence-electron chi connectivity index (χ1n) is 9.19. The zero-order valence-electron chi connectivity index (χ0n) is 16.6. The van der Waals surface area contributed by atoms with E-state index in [1.807, 2.05) is 53.4 Å². The monoisotopic (exact) mass is 385 g/mol. The molecular formula is C22H27NO5. The molecule has 0 N–H and O–H groups in total. The molecule has 0 radical (unpaired) electrons. The minimum absolute atomic E-state index is 0.164. The number of nitrogens with zero attached hydrogens (tertiary/aromatic N) is 1.